The number of thiazole rings is 1. The highest BCUT2D eigenvalue weighted by Gasteiger charge is 2.24. The predicted molar refractivity (Wildman–Crippen MR) is 155 cm³/mol. The van der Waals surface area contributed by atoms with Gasteiger partial charge >= 0.3 is 18.2 Å². The molecule has 2 N–H and O–H groups in total. The van der Waals surface area contributed by atoms with E-state index in [9.17, 15) is 19.5 Å². The van der Waals surface area contributed by atoms with Crippen molar-refractivity contribution < 1.29 is 38.5 Å². The van der Waals surface area contributed by atoms with Crippen LogP contribution in [0.2, 0.25) is 0 Å². The average Bonchev–Trinajstić information content (AvgIpc) is 3.27. The maximum atomic E-state index is 12.4. The highest BCUT2D eigenvalue weighted by molar-refractivity contribution is 7.14. The zero-order valence-corrected chi connectivity index (χ0v) is 25.3. The average molecular weight is 592 g/mol. The molecule has 0 saturated carbocycles. The Labute approximate surface area is 243 Å². The molecule has 2 amide bonds. The van der Waals surface area contributed by atoms with Crippen molar-refractivity contribution in [2.75, 3.05) is 18.5 Å². The second-order valence-electron chi connectivity index (χ2n) is 10.8. The van der Waals surface area contributed by atoms with E-state index in [1.54, 1.807) is 72.0 Å². The molecule has 0 spiro atoms. The predicted octanol–water partition coefficient (Wildman–Crippen LogP) is 5.35. The van der Waals surface area contributed by atoms with Gasteiger partial charge in [0, 0.05) is 5.38 Å². The van der Waals surface area contributed by atoms with Crippen LogP contribution in [0.5, 0.6) is 5.75 Å². The summed E-state index contributed by atoms with van der Waals surface area (Å²) in [5, 5.41) is 22.7. The largest absolute Gasteiger partial charge is 0.490 e. The highest BCUT2D eigenvalue weighted by Crippen LogP contribution is 2.18. The first kappa shape index (κ1) is 33.0. The minimum atomic E-state index is -1.35. The molecule has 0 aliphatic carbocycles. The molecule has 1 heterocycles. The number of nitrogens with zero attached hydrogens (tertiary/aromatic N) is 4. The number of amides is 2. The van der Waals surface area contributed by atoms with E-state index in [1.165, 1.54) is 10.4 Å². The van der Waals surface area contributed by atoms with Crippen molar-refractivity contribution in [3.8, 4) is 5.75 Å². The van der Waals surface area contributed by atoms with E-state index in [1.807, 2.05) is 13.8 Å². The van der Waals surface area contributed by atoms with E-state index in [0.717, 1.165) is 16.9 Å². The first-order chi connectivity index (χ1) is 19.0. The van der Waals surface area contributed by atoms with Crippen molar-refractivity contribution in [2.24, 2.45) is 10.3 Å². The Hall–Kier alpha value is -4.20. The van der Waals surface area contributed by atoms with Gasteiger partial charge in [0.15, 0.2) is 11.7 Å². The van der Waals surface area contributed by atoms with Gasteiger partial charge in [-0.05, 0) is 85.2 Å². The summed E-state index contributed by atoms with van der Waals surface area (Å²) in [6.45, 7) is 14.3. The van der Waals surface area contributed by atoms with Crippen LogP contribution in [0, 0.1) is 0 Å². The molecule has 0 fully saturated rings. The zero-order chi connectivity index (χ0) is 30.8. The molecule has 2 rings (SSSR count). The van der Waals surface area contributed by atoms with Gasteiger partial charge in [-0.25, -0.2) is 19.4 Å². The van der Waals surface area contributed by atoms with Crippen molar-refractivity contribution in [3.63, 3.8) is 0 Å². The lowest BCUT2D eigenvalue weighted by Gasteiger charge is -2.26. The van der Waals surface area contributed by atoms with Gasteiger partial charge in [0.05, 0.1) is 12.3 Å². The summed E-state index contributed by atoms with van der Waals surface area (Å²) in [5.74, 6) is -0.807. The fourth-order valence-electron chi connectivity index (χ4n) is 2.81. The van der Waals surface area contributed by atoms with Crippen molar-refractivity contribution in [2.45, 2.75) is 72.6 Å². The Morgan fingerprint density at radius 3 is 2.24 bits per heavy atom. The maximum Gasteiger partial charge on any atom is 0.431 e. The Morgan fingerprint density at radius 2 is 1.68 bits per heavy atom. The molecule has 224 valence electrons. The van der Waals surface area contributed by atoms with Crippen molar-refractivity contribution >= 4 is 46.6 Å². The molecular weight excluding hydrogens is 554 g/mol. The smallest absolute Gasteiger partial charge is 0.431 e. The lowest BCUT2D eigenvalue weighted by molar-refractivity contribution is -0.129. The Balaban J connectivity index is 1.89. The van der Waals surface area contributed by atoms with E-state index < -0.39 is 35.1 Å². The fraction of sp³-hybridized carbons (Fsp3) is 0.481. The minimum Gasteiger partial charge on any atom is -0.490 e. The van der Waals surface area contributed by atoms with Gasteiger partial charge in [-0.3, -0.25) is 5.32 Å². The van der Waals surface area contributed by atoms with Gasteiger partial charge < -0.3 is 24.2 Å². The van der Waals surface area contributed by atoms with Crippen LogP contribution in [0.25, 0.3) is 0 Å². The quantitative estimate of drug-likeness (QED) is 0.199. The highest BCUT2D eigenvalue weighted by atomic mass is 32.1. The molecule has 0 bridgehead atoms. The van der Waals surface area contributed by atoms with Crippen LogP contribution in [0.3, 0.4) is 0 Å². The van der Waals surface area contributed by atoms with Gasteiger partial charge in [-0.2, -0.15) is 10.1 Å². The summed E-state index contributed by atoms with van der Waals surface area (Å²) in [6.07, 6.45) is 0.302. The van der Waals surface area contributed by atoms with Gasteiger partial charge in [0.25, 0.3) is 0 Å². The molecule has 41 heavy (non-hydrogen) atoms. The number of carbonyl (C=O) groups excluding carboxylic acids is 2. The van der Waals surface area contributed by atoms with Crippen LogP contribution >= 0.6 is 11.3 Å². The van der Waals surface area contributed by atoms with E-state index >= 15 is 0 Å². The van der Waals surface area contributed by atoms with E-state index in [0.29, 0.717) is 5.75 Å². The number of carboxylic acid groups (broad SMARTS) is 1. The third kappa shape index (κ3) is 12.2. The third-order valence-electron chi connectivity index (χ3n) is 4.44. The number of anilines is 1. The number of ether oxygens (including phenoxy) is 3. The van der Waals surface area contributed by atoms with E-state index in [2.05, 4.69) is 20.6 Å². The van der Waals surface area contributed by atoms with Crippen LogP contribution < -0.4 is 10.1 Å². The Kier molecular flexibility index (Phi) is 11.6. The van der Waals surface area contributed by atoms with Crippen LogP contribution in [-0.2, 0) is 19.1 Å². The number of benzene rings is 1. The third-order valence-corrected chi connectivity index (χ3v) is 5.20. The van der Waals surface area contributed by atoms with Gasteiger partial charge in [0.2, 0.25) is 5.71 Å². The molecule has 0 saturated heterocycles. The number of carboxylic acids is 1. The van der Waals surface area contributed by atoms with Crippen LogP contribution in [-0.4, -0.2) is 75.6 Å². The summed E-state index contributed by atoms with van der Waals surface area (Å²) >= 11 is 1.02. The normalized spacial score (nSPS) is 12.3. The van der Waals surface area contributed by atoms with E-state index in [-0.39, 0.29) is 30.1 Å². The number of oxime groups is 1. The maximum absolute atomic E-state index is 12.4. The SMILES string of the molecule is CC(C)N(/N=C/c1ccc(OCCO/N=C(\C(=O)O)c2csc(NC(=O)OC(C)(C)C)n2)cc1)C(=O)OC(C)(C)C. The van der Waals surface area contributed by atoms with Crippen molar-refractivity contribution in [3.05, 3.63) is 40.9 Å². The second kappa shape index (κ2) is 14.4. The Bertz CT molecular complexity index is 1240. The molecule has 0 unspecified atom stereocenters. The van der Waals surface area contributed by atoms with Crippen LogP contribution in [0.1, 0.15) is 66.6 Å². The second-order valence-corrected chi connectivity index (χ2v) is 11.7. The summed E-state index contributed by atoms with van der Waals surface area (Å²) < 4.78 is 16.2. The molecule has 0 aliphatic rings. The first-order valence-corrected chi connectivity index (χ1v) is 13.6. The number of aliphatic carboxylic acids is 1. The number of nitrogens with one attached hydrogen (secondary N) is 1. The monoisotopic (exact) mass is 591 g/mol. The summed E-state index contributed by atoms with van der Waals surface area (Å²) in [5.41, 5.74) is -0.989. The molecule has 1 aromatic carbocycles. The lowest BCUT2D eigenvalue weighted by Crippen LogP contribution is -2.37. The number of aromatic nitrogens is 1. The first-order valence-electron chi connectivity index (χ1n) is 12.7. The van der Waals surface area contributed by atoms with Crippen LogP contribution in [0.4, 0.5) is 14.7 Å². The van der Waals surface area contributed by atoms with Crippen molar-refractivity contribution in [1.82, 2.24) is 9.99 Å². The van der Waals surface area contributed by atoms with E-state index in [4.69, 9.17) is 19.0 Å². The molecule has 14 heteroatoms. The van der Waals surface area contributed by atoms with Gasteiger partial charge in [-0.15, -0.1) is 11.3 Å². The number of carbonyl (C=O) groups is 3. The summed E-state index contributed by atoms with van der Waals surface area (Å²) in [7, 11) is 0. The standard InChI is InChI=1S/C27H37N5O8S/c1-17(2)32(25(36)40-27(6,7)8)28-15-18-9-11-19(12-10-18)37-13-14-38-31-21(22(33)34)20-16-41-23(29-20)30-24(35)39-26(3,4)5/h9-12,15-17H,13-14H2,1-8H3,(H,33,34)(H,29,30,35)/b28-15+,31-21-. The summed E-state index contributed by atoms with van der Waals surface area (Å²) in [4.78, 5) is 45.1. The van der Waals surface area contributed by atoms with Crippen molar-refractivity contribution in [1.29, 1.82) is 0 Å². The molecule has 0 radical (unpaired) electrons. The molecule has 13 nitrogen and oxygen atoms in total. The lowest BCUT2D eigenvalue weighted by atomic mass is 10.2. The molecular formula is C27H37N5O8S. The number of rotatable bonds is 11. The number of hydrogen-bond acceptors (Lipinski definition) is 11. The molecule has 1 aromatic heterocycles. The number of hydrogen-bond donors (Lipinski definition) is 2. The Morgan fingerprint density at radius 1 is 1.05 bits per heavy atom. The topological polar surface area (TPSA) is 161 Å². The van der Waals surface area contributed by atoms with Crippen LogP contribution in [0.15, 0.2) is 39.9 Å². The summed E-state index contributed by atoms with van der Waals surface area (Å²) in [6, 6.07) is 6.77. The minimum absolute atomic E-state index is 0.0226. The zero-order valence-electron chi connectivity index (χ0n) is 24.5. The molecule has 0 aliphatic heterocycles. The van der Waals surface area contributed by atoms with Gasteiger partial charge in [-0.1, -0.05) is 5.16 Å². The fourth-order valence-corrected chi connectivity index (χ4v) is 3.49. The molecule has 0 atom stereocenters. The van der Waals surface area contributed by atoms with Gasteiger partial charge in [0.1, 0.15) is 29.3 Å². The number of hydrazone groups is 1. The molecule has 2 aromatic rings.